The van der Waals surface area contributed by atoms with Gasteiger partial charge in [-0.3, -0.25) is 4.79 Å². The molecular weight excluding hydrogens is 324 g/mol. The van der Waals surface area contributed by atoms with Crippen LogP contribution in [0.15, 0.2) is 27.1 Å². The van der Waals surface area contributed by atoms with E-state index in [1.807, 2.05) is 25.1 Å². The van der Waals surface area contributed by atoms with Crippen LogP contribution in [-0.4, -0.2) is 12.4 Å². The lowest BCUT2D eigenvalue weighted by molar-refractivity contribution is -0.121. The molecule has 4 heteroatoms. The number of hydrogen-bond donors (Lipinski definition) is 0. The number of carbonyl (C=O) groups excluding carboxylic acids is 1. The van der Waals surface area contributed by atoms with Crippen LogP contribution in [0.4, 0.5) is 0 Å². The highest BCUT2D eigenvalue weighted by atomic mass is 79.9. The molecule has 0 spiro atoms. The zero-order chi connectivity index (χ0) is 11.3. The van der Waals surface area contributed by atoms with Gasteiger partial charge in [-0.25, -0.2) is 0 Å². The van der Waals surface area contributed by atoms with Crippen LogP contribution in [-0.2, 0) is 4.79 Å². The fourth-order valence-corrected chi connectivity index (χ4v) is 2.35. The predicted molar refractivity (Wildman–Crippen MR) is 67.3 cm³/mol. The van der Waals surface area contributed by atoms with Crippen molar-refractivity contribution in [3.8, 4) is 5.75 Å². The number of para-hydroxylation sites is 1. The second-order valence-corrected chi connectivity index (χ2v) is 4.84. The first-order chi connectivity index (χ1) is 7.15. The van der Waals surface area contributed by atoms with Crippen LogP contribution < -0.4 is 4.74 Å². The van der Waals surface area contributed by atoms with E-state index < -0.39 is 0 Å². The van der Waals surface area contributed by atoms with E-state index in [2.05, 4.69) is 31.9 Å². The largest absolute Gasteiger partial charge is 0.483 e. The summed E-state index contributed by atoms with van der Waals surface area (Å²) in [4.78, 5) is 11.3. The third-order valence-corrected chi connectivity index (χ3v) is 3.07. The topological polar surface area (TPSA) is 26.3 Å². The van der Waals surface area contributed by atoms with Gasteiger partial charge in [0.2, 0.25) is 0 Å². The highest BCUT2D eigenvalue weighted by Crippen LogP contribution is 2.32. The number of halogens is 2. The molecule has 2 nitrogen and oxygen atoms in total. The predicted octanol–water partition coefficient (Wildman–Crippen LogP) is 3.96. The Morgan fingerprint density at radius 3 is 2.47 bits per heavy atom. The minimum absolute atomic E-state index is 0.125. The molecule has 0 unspecified atom stereocenters. The van der Waals surface area contributed by atoms with Crippen molar-refractivity contribution in [2.45, 2.75) is 19.8 Å². The van der Waals surface area contributed by atoms with Gasteiger partial charge in [0.1, 0.15) is 12.4 Å². The molecule has 0 saturated carbocycles. The van der Waals surface area contributed by atoms with E-state index in [1.54, 1.807) is 0 Å². The van der Waals surface area contributed by atoms with E-state index in [9.17, 15) is 4.79 Å². The first-order valence-electron chi connectivity index (χ1n) is 4.73. The van der Waals surface area contributed by atoms with Crippen LogP contribution in [0.25, 0.3) is 0 Å². The molecule has 0 aliphatic heterocycles. The molecule has 0 heterocycles. The lowest BCUT2D eigenvalue weighted by Gasteiger charge is -2.08. The molecule has 0 radical (unpaired) electrons. The molecule has 0 aromatic heterocycles. The van der Waals surface area contributed by atoms with Crippen LogP contribution in [0.5, 0.6) is 5.75 Å². The molecule has 0 fully saturated rings. The summed E-state index contributed by atoms with van der Waals surface area (Å²) in [5.41, 5.74) is 0. The second-order valence-electron chi connectivity index (χ2n) is 3.13. The Balaban J connectivity index is 2.61. The van der Waals surface area contributed by atoms with Crippen molar-refractivity contribution in [2.75, 3.05) is 6.61 Å². The Morgan fingerprint density at radius 1 is 1.33 bits per heavy atom. The summed E-state index contributed by atoms with van der Waals surface area (Å²) in [6.45, 7) is 2.11. The Bertz CT molecular complexity index is 330. The van der Waals surface area contributed by atoms with Crippen LogP contribution in [0.1, 0.15) is 19.8 Å². The van der Waals surface area contributed by atoms with Gasteiger partial charge < -0.3 is 4.74 Å². The highest BCUT2D eigenvalue weighted by molar-refractivity contribution is 9.11. The SMILES string of the molecule is CCCC(=O)COc1c(Br)cccc1Br. The molecule has 0 aliphatic rings. The van der Waals surface area contributed by atoms with Crippen LogP contribution in [0, 0.1) is 0 Å². The van der Waals surface area contributed by atoms with Crippen LogP contribution in [0.2, 0.25) is 0 Å². The number of Topliss-reactive ketones (excluding diaryl/α,β-unsaturated/α-hetero) is 1. The van der Waals surface area contributed by atoms with Gasteiger partial charge in [-0.1, -0.05) is 13.0 Å². The van der Waals surface area contributed by atoms with Gasteiger partial charge in [-0.15, -0.1) is 0 Å². The summed E-state index contributed by atoms with van der Waals surface area (Å²) >= 11 is 6.74. The van der Waals surface area contributed by atoms with Gasteiger partial charge in [0.25, 0.3) is 0 Å². The lowest BCUT2D eigenvalue weighted by atomic mass is 10.2. The number of ketones is 1. The number of ether oxygens (including phenoxy) is 1. The van der Waals surface area contributed by atoms with Gasteiger partial charge in [-0.05, 0) is 50.4 Å². The minimum atomic E-state index is 0.125. The Hall–Kier alpha value is -0.350. The average molecular weight is 336 g/mol. The normalized spacial score (nSPS) is 10.1. The second kappa shape index (κ2) is 6.28. The first kappa shape index (κ1) is 12.7. The number of hydrogen-bond acceptors (Lipinski definition) is 2. The summed E-state index contributed by atoms with van der Waals surface area (Å²) in [6.07, 6.45) is 1.43. The Labute approximate surface area is 106 Å². The number of benzene rings is 1. The van der Waals surface area contributed by atoms with E-state index in [4.69, 9.17) is 4.74 Å². The molecule has 82 valence electrons. The molecule has 0 saturated heterocycles. The fourth-order valence-electron chi connectivity index (χ4n) is 1.12. The molecule has 0 N–H and O–H groups in total. The summed E-state index contributed by atoms with van der Waals surface area (Å²) in [5.74, 6) is 0.808. The summed E-state index contributed by atoms with van der Waals surface area (Å²) < 4.78 is 7.14. The van der Waals surface area contributed by atoms with E-state index in [0.717, 1.165) is 15.4 Å². The van der Waals surface area contributed by atoms with E-state index in [-0.39, 0.29) is 12.4 Å². The van der Waals surface area contributed by atoms with Gasteiger partial charge >= 0.3 is 0 Å². The molecule has 15 heavy (non-hydrogen) atoms. The zero-order valence-corrected chi connectivity index (χ0v) is 11.6. The van der Waals surface area contributed by atoms with E-state index in [1.165, 1.54) is 0 Å². The molecule has 1 aromatic rings. The average Bonchev–Trinajstić information content (AvgIpc) is 2.17. The minimum Gasteiger partial charge on any atom is -0.483 e. The third-order valence-electron chi connectivity index (χ3n) is 1.83. The van der Waals surface area contributed by atoms with E-state index in [0.29, 0.717) is 12.2 Å². The highest BCUT2D eigenvalue weighted by Gasteiger charge is 2.08. The Morgan fingerprint density at radius 2 is 1.93 bits per heavy atom. The van der Waals surface area contributed by atoms with E-state index >= 15 is 0 Å². The summed E-state index contributed by atoms with van der Waals surface area (Å²) in [6, 6.07) is 5.66. The van der Waals surface area contributed by atoms with Crippen molar-refractivity contribution < 1.29 is 9.53 Å². The smallest absolute Gasteiger partial charge is 0.170 e. The lowest BCUT2D eigenvalue weighted by Crippen LogP contribution is -2.10. The Kier molecular flexibility index (Phi) is 5.32. The first-order valence-corrected chi connectivity index (χ1v) is 6.32. The molecule has 1 rings (SSSR count). The molecular formula is C11H12Br2O2. The zero-order valence-electron chi connectivity index (χ0n) is 8.43. The van der Waals surface area contributed by atoms with Crippen molar-refractivity contribution >= 4 is 37.6 Å². The molecule has 0 bridgehead atoms. The maximum Gasteiger partial charge on any atom is 0.170 e. The fraction of sp³-hybridized carbons (Fsp3) is 0.364. The maximum atomic E-state index is 11.3. The molecule has 1 aromatic carbocycles. The van der Waals surface area contributed by atoms with Gasteiger partial charge in [0, 0.05) is 6.42 Å². The van der Waals surface area contributed by atoms with Crippen LogP contribution >= 0.6 is 31.9 Å². The van der Waals surface area contributed by atoms with Crippen molar-refractivity contribution in [2.24, 2.45) is 0 Å². The third kappa shape index (κ3) is 3.95. The van der Waals surface area contributed by atoms with Gasteiger partial charge in [0.05, 0.1) is 8.95 Å². The van der Waals surface area contributed by atoms with Crippen molar-refractivity contribution in [3.63, 3.8) is 0 Å². The summed E-state index contributed by atoms with van der Waals surface area (Å²) in [5, 5.41) is 0. The van der Waals surface area contributed by atoms with Crippen molar-refractivity contribution in [3.05, 3.63) is 27.1 Å². The number of carbonyl (C=O) groups is 1. The monoisotopic (exact) mass is 334 g/mol. The number of rotatable bonds is 5. The van der Waals surface area contributed by atoms with Crippen molar-refractivity contribution in [1.82, 2.24) is 0 Å². The standard InChI is InChI=1S/C11H12Br2O2/c1-2-4-8(14)7-15-11-9(12)5-3-6-10(11)13/h3,5-6H,2,4,7H2,1H3. The van der Waals surface area contributed by atoms with Gasteiger partial charge in [-0.2, -0.15) is 0 Å². The molecule has 0 aliphatic carbocycles. The van der Waals surface area contributed by atoms with Crippen molar-refractivity contribution in [1.29, 1.82) is 0 Å². The van der Waals surface area contributed by atoms with Crippen LogP contribution in [0.3, 0.4) is 0 Å². The maximum absolute atomic E-state index is 11.3. The summed E-state index contributed by atoms with van der Waals surface area (Å²) in [7, 11) is 0. The molecule has 0 atom stereocenters. The molecule has 0 amide bonds. The quantitative estimate of drug-likeness (QED) is 0.814. The van der Waals surface area contributed by atoms with Gasteiger partial charge in [0.15, 0.2) is 5.78 Å².